The van der Waals surface area contributed by atoms with Crippen molar-refractivity contribution in [3.05, 3.63) is 107 Å². The fourth-order valence-electron chi connectivity index (χ4n) is 3.43. The molecule has 4 aromatic rings. The van der Waals surface area contributed by atoms with Gasteiger partial charge in [-0.1, -0.05) is 30.3 Å². The van der Waals surface area contributed by atoms with E-state index in [0.29, 0.717) is 6.61 Å². The molecule has 0 saturated heterocycles. The maximum Gasteiger partial charge on any atom is 0.119 e. The smallest absolute Gasteiger partial charge is 0.119 e. The van der Waals surface area contributed by atoms with Gasteiger partial charge in [-0.25, -0.2) is 4.68 Å². The second-order valence-electron chi connectivity index (χ2n) is 7.29. The fourth-order valence-corrected chi connectivity index (χ4v) is 3.43. The minimum atomic E-state index is 0.546. The Morgan fingerprint density at radius 3 is 2.30 bits per heavy atom. The Morgan fingerprint density at radius 2 is 1.57 bits per heavy atom. The maximum atomic E-state index is 5.84. The average molecular weight is 399 g/mol. The SMILES string of the molecule is Cc1nn(-c2ccccc2)c(C)c1CNCc1ccc(OCc2ccncc2)cc1. The number of hydrogen-bond donors (Lipinski definition) is 1. The van der Waals surface area contributed by atoms with Gasteiger partial charge in [-0.2, -0.15) is 5.10 Å². The summed E-state index contributed by atoms with van der Waals surface area (Å²) in [6.07, 6.45) is 3.56. The lowest BCUT2D eigenvalue weighted by Gasteiger charge is -2.09. The average Bonchev–Trinajstić information content (AvgIpc) is 3.08. The van der Waals surface area contributed by atoms with Crippen LogP contribution in [0.15, 0.2) is 79.1 Å². The predicted octanol–water partition coefficient (Wildman–Crippen LogP) is 4.75. The van der Waals surface area contributed by atoms with Crippen LogP contribution in [0.5, 0.6) is 5.75 Å². The zero-order valence-electron chi connectivity index (χ0n) is 17.4. The highest BCUT2D eigenvalue weighted by molar-refractivity contribution is 5.37. The van der Waals surface area contributed by atoms with E-state index < -0.39 is 0 Å². The van der Waals surface area contributed by atoms with Crippen LogP contribution in [0.4, 0.5) is 0 Å². The second kappa shape index (κ2) is 9.37. The number of ether oxygens (including phenoxy) is 1. The quantitative estimate of drug-likeness (QED) is 0.465. The molecule has 0 unspecified atom stereocenters. The van der Waals surface area contributed by atoms with Gasteiger partial charge in [0, 0.05) is 36.7 Å². The first-order chi connectivity index (χ1) is 14.7. The summed E-state index contributed by atoms with van der Waals surface area (Å²) in [5.74, 6) is 0.867. The molecule has 5 nitrogen and oxygen atoms in total. The first kappa shape index (κ1) is 19.9. The van der Waals surface area contributed by atoms with Crippen molar-refractivity contribution in [2.45, 2.75) is 33.5 Å². The van der Waals surface area contributed by atoms with Crippen LogP contribution in [0.25, 0.3) is 5.69 Å². The molecule has 0 radical (unpaired) electrons. The zero-order valence-corrected chi connectivity index (χ0v) is 17.4. The second-order valence-corrected chi connectivity index (χ2v) is 7.29. The Hall–Kier alpha value is -3.44. The number of benzene rings is 2. The van der Waals surface area contributed by atoms with Crippen molar-refractivity contribution in [1.29, 1.82) is 0 Å². The molecule has 0 spiro atoms. The first-order valence-electron chi connectivity index (χ1n) is 10.1. The molecule has 0 amide bonds. The molecule has 1 N–H and O–H groups in total. The van der Waals surface area contributed by atoms with Crippen molar-refractivity contribution in [3.8, 4) is 11.4 Å². The van der Waals surface area contributed by atoms with Crippen LogP contribution in [-0.4, -0.2) is 14.8 Å². The van der Waals surface area contributed by atoms with Gasteiger partial charge in [0.2, 0.25) is 0 Å². The Morgan fingerprint density at radius 1 is 0.833 bits per heavy atom. The standard InChI is InChI=1S/C25H26N4O/c1-19-25(20(2)29(28-19)23-6-4-3-5-7-23)17-27-16-21-8-10-24(11-9-21)30-18-22-12-14-26-15-13-22/h3-15,27H,16-18H2,1-2H3. The summed E-state index contributed by atoms with van der Waals surface area (Å²) in [6, 6.07) is 22.4. The maximum absolute atomic E-state index is 5.84. The Labute approximate surface area is 177 Å². The molecule has 4 rings (SSSR count). The summed E-state index contributed by atoms with van der Waals surface area (Å²) < 4.78 is 7.85. The summed E-state index contributed by atoms with van der Waals surface area (Å²) in [5, 5.41) is 8.26. The van der Waals surface area contributed by atoms with Crippen molar-refractivity contribution < 1.29 is 4.74 Å². The van der Waals surface area contributed by atoms with E-state index in [2.05, 4.69) is 48.4 Å². The molecule has 0 aliphatic heterocycles. The number of aryl methyl sites for hydroxylation is 1. The monoisotopic (exact) mass is 398 g/mol. The largest absolute Gasteiger partial charge is 0.489 e. The third-order valence-corrected chi connectivity index (χ3v) is 5.15. The lowest BCUT2D eigenvalue weighted by molar-refractivity contribution is 0.306. The van der Waals surface area contributed by atoms with Gasteiger partial charge in [0.1, 0.15) is 12.4 Å². The summed E-state index contributed by atoms with van der Waals surface area (Å²) in [6.45, 7) is 6.31. The number of aromatic nitrogens is 3. The van der Waals surface area contributed by atoms with Crippen LogP contribution in [0.1, 0.15) is 28.1 Å². The third kappa shape index (κ3) is 4.75. The highest BCUT2D eigenvalue weighted by atomic mass is 16.5. The fraction of sp³-hybridized carbons (Fsp3) is 0.200. The number of para-hydroxylation sites is 1. The summed E-state index contributed by atoms with van der Waals surface area (Å²) in [7, 11) is 0. The van der Waals surface area contributed by atoms with Gasteiger partial charge in [0.05, 0.1) is 11.4 Å². The van der Waals surface area contributed by atoms with E-state index in [-0.39, 0.29) is 0 Å². The van der Waals surface area contributed by atoms with Crippen LogP contribution in [0.2, 0.25) is 0 Å². The summed E-state index contributed by atoms with van der Waals surface area (Å²) >= 11 is 0. The molecule has 0 aliphatic rings. The van der Waals surface area contributed by atoms with Crippen molar-refractivity contribution in [2.24, 2.45) is 0 Å². The number of rotatable bonds is 8. The number of pyridine rings is 1. The zero-order chi connectivity index (χ0) is 20.8. The molecule has 0 fully saturated rings. The molecular formula is C25H26N4O. The molecule has 30 heavy (non-hydrogen) atoms. The summed E-state index contributed by atoms with van der Waals surface area (Å²) in [4.78, 5) is 4.02. The van der Waals surface area contributed by atoms with Crippen molar-refractivity contribution in [1.82, 2.24) is 20.1 Å². The molecule has 0 bridgehead atoms. The molecule has 0 aliphatic carbocycles. The Bertz CT molecular complexity index is 1070. The number of nitrogens with one attached hydrogen (secondary N) is 1. The first-order valence-corrected chi connectivity index (χ1v) is 10.1. The minimum absolute atomic E-state index is 0.546. The molecule has 0 atom stereocenters. The third-order valence-electron chi connectivity index (χ3n) is 5.15. The van der Waals surface area contributed by atoms with Crippen LogP contribution in [0, 0.1) is 13.8 Å². The van der Waals surface area contributed by atoms with E-state index in [9.17, 15) is 0 Å². The molecule has 5 heteroatoms. The molecule has 2 aromatic carbocycles. The Kier molecular flexibility index (Phi) is 6.20. The van der Waals surface area contributed by atoms with Crippen LogP contribution in [0.3, 0.4) is 0 Å². The van der Waals surface area contributed by atoms with Gasteiger partial charge in [0.15, 0.2) is 0 Å². The minimum Gasteiger partial charge on any atom is -0.489 e. The van der Waals surface area contributed by atoms with Crippen molar-refractivity contribution >= 4 is 0 Å². The van der Waals surface area contributed by atoms with E-state index in [1.165, 1.54) is 16.8 Å². The van der Waals surface area contributed by atoms with E-state index in [1.54, 1.807) is 12.4 Å². The molecule has 152 valence electrons. The lowest BCUT2D eigenvalue weighted by Crippen LogP contribution is -2.14. The van der Waals surface area contributed by atoms with Crippen molar-refractivity contribution in [3.63, 3.8) is 0 Å². The van der Waals surface area contributed by atoms with Gasteiger partial charge in [-0.05, 0) is 61.4 Å². The van der Waals surface area contributed by atoms with Gasteiger partial charge in [0.25, 0.3) is 0 Å². The van der Waals surface area contributed by atoms with Crippen LogP contribution >= 0.6 is 0 Å². The van der Waals surface area contributed by atoms with Crippen molar-refractivity contribution in [2.75, 3.05) is 0 Å². The molecule has 2 aromatic heterocycles. The van der Waals surface area contributed by atoms with E-state index in [0.717, 1.165) is 35.8 Å². The highest BCUT2D eigenvalue weighted by Crippen LogP contribution is 2.18. The van der Waals surface area contributed by atoms with Gasteiger partial charge in [-0.15, -0.1) is 0 Å². The summed E-state index contributed by atoms with van der Waals surface area (Å²) in [5.41, 5.74) is 6.90. The van der Waals surface area contributed by atoms with E-state index in [4.69, 9.17) is 9.84 Å². The van der Waals surface area contributed by atoms with Gasteiger partial charge < -0.3 is 10.1 Å². The number of nitrogens with zero attached hydrogens (tertiary/aromatic N) is 3. The molecule has 0 saturated carbocycles. The normalized spacial score (nSPS) is 10.9. The molecular weight excluding hydrogens is 372 g/mol. The van der Waals surface area contributed by atoms with Crippen LogP contribution < -0.4 is 10.1 Å². The topological polar surface area (TPSA) is 52.0 Å². The number of hydrogen-bond acceptors (Lipinski definition) is 4. The van der Waals surface area contributed by atoms with Gasteiger partial charge in [-0.3, -0.25) is 4.98 Å². The predicted molar refractivity (Wildman–Crippen MR) is 119 cm³/mol. The highest BCUT2D eigenvalue weighted by Gasteiger charge is 2.12. The molecule has 2 heterocycles. The van der Waals surface area contributed by atoms with E-state index in [1.807, 2.05) is 47.1 Å². The van der Waals surface area contributed by atoms with Gasteiger partial charge >= 0.3 is 0 Å². The van der Waals surface area contributed by atoms with E-state index >= 15 is 0 Å². The lowest BCUT2D eigenvalue weighted by atomic mass is 10.1. The Balaban J connectivity index is 1.32. The van der Waals surface area contributed by atoms with Crippen LogP contribution in [-0.2, 0) is 19.7 Å².